The van der Waals surface area contributed by atoms with Crippen LogP contribution in [0.15, 0.2) is 0 Å². The minimum atomic E-state index is 0.821. The lowest BCUT2D eigenvalue weighted by Gasteiger charge is -2.40. The Kier molecular flexibility index (Phi) is 1.90. The van der Waals surface area contributed by atoms with Crippen LogP contribution in [0.3, 0.4) is 0 Å². The molecule has 1 N–H and O–H groups in total. The Balaban J connectivity index is 1.93. The molecule has 2 rings (SSSR count). The second-order valence-corrected chi connectivity index (χ2v) is 4.64. The molecule has 3 atom stereocenters. The van der Waals surface area contributed by atoms with Crippen LogP contribution in [0, 0.1) is 5.92 Å². The van der Waals surface area contributed by atoms with Crippen LogP contribution < -0.4 is 5.32 Å². The Morgan fingerprint density at radius 2 is 2.40 bits per heavy atom. The third kappa shape index (κ3) is 0.987. The van der Waals surface area contributed by atoms with Crippen LogP contribution in [0.5, 0.6) is 0 Å². The maximum absolute atomic E-state index is 3.58. The quantitative estimate of drug-likeness (QED) is 0.553. The maximum atomic E-state index is 3.58. The first kappa shape index (κ1) is 7.31. The smallest absolute Gasteiger partial charge is 0.0261 e. The molecule has 2 saturated heterocycles. The summed E-state index contributed by atoms with van der Waals surface area (Å²) >= 11 is 2.42. The van der Waals surface area contributed by atoms with Gasteiger partial charge in [0.25, 0.3) is 0 Å². The fraction of sp³-hybridized carbons (Fsp3) is 1.00. The summed E-state index contributed by atoms with van der Waals surface area (Å²) in [5.74, 6) is 0.960. The van der Waals surface area contributed by atoms with E-state index in [-0.39, 0.29) is 0 Å². The van der Waals surface area contributed by atoms with E-state index in [0.717, 1.165) is 18.0 Å². The van der Waals surface area contributed by atoms with Crippen LogP contribution in [-0.4, -0.2) is 28.3 Å². The zero-order valence-corrected chi connectivity index (χ0v) is 8.34. The molecule has 58 valence electrons. The van der Waals surface area contributed by atoms with Crippen molar-refractivity contribution in [2.45, 2.75) is 25.4 Å². The molecule has 2 nitrogen and oxygen atoms in total. The van der Waals surface area contributed by atoms with Gasteiger partial charge in [-0.1, -0.05) is 6.92 Å². The highest BCUT2D eigenvalue weighted by Gasteiger charge is 2.44. The molecule has 0 saturated carbocycles. The summed E-state index contributed by atoms with van der Waals surface area (Å²) in [6, 6.07) is 1.65. The fourth-order valence-corrected chi connectivity index (χ4v) is 2.94. The second kappa shape index (κ2) is 2.60. The van der Waals surface area contributed by atoms with Gasteiger partial charge in [-0.25, -0.2) is 3.11 Å². The zero-order chi connectivity index (χ0) is 7.14. The first-order chi connectivity index (χ1) is 4.81. The Labute approximate surface area is 75.8 Å². The Bertz CT molecular complexity index is 136. The summed E-state index contributed by atoms with van der Waals surface area (Å²) in [7, 11) is 0. The predicted octanol–water partition coefficient (Wildman–Crippen LogP) is 1.02. The molecule has 0 amide bonds. The molecule has 2 heterocycles. The molecule has 10 heavy (non-hydrogen) atoms. The number of halogens is 1. The number of rotatable bonds is 1. The van der Waals surface area contributed by atoms with E-state index in [2.05, 4.69) is 38.2 Å². The van der Waals surface area contributed by atoms with Crippen LogP contribution in [0.2, 0.25) is 0 Å². The van der Waals surface area contributed by atoms with Crippen molar-refractivity contribution in [1.82, 2.24) is 8.43 Å². The Morgan fingerprint density at radius 3 is 3.00 bits per heavy atom. The van der Waals surface area contributed by atoms with Crippen LogP contribution >= 0.6 is 22.9 Å². The number of hydrogen-bond acceptors (Lipinski definition) is 2. The second-order valence-electron chi connectivity index (χ2n) is 3.28. The Morgan fingerprint density at radius 1 is 1.60 bits per heavy atom. The summed E-state index contributed by atoms with van der Waals surface area (Å²) in [6.45, 7) is 4.82. The molecular weight excluding hydrogens is 239 g/mol. The highest BCUT2D eigenvalue weighted by atomic mass is 127. The van der Waals surface area contributed by atoms with E-state index in [1.165, 1.54) is 19.5 Å². The van der Waals surface area contributed by atoms with Crippen molar-refractivity contribution in [2.75, 3.05) is 13.1 Å². The standard InChI is InChI=1S/C7H13IN2/c1-2-6-5-3-10(8)4-7(5)9-6/h5-7,9H,2-4H2,1H3. The highest BCUT2D eigenvalue weighted by Crippen LogP contribution is 2.32. The van der Waals surface area contributed by atoms with Crippen LogP contribution in [0.4, 0.5) is 0 Å². The molecule has 0 aromatic carbocycles. The van der Waals surface area contributed by atoms with Crippen LogP contribution in [0.25, 0.3) is 0 Å². The van der Waals surface area contributed by atoms with Gasteiger partial charge in [-0.15, -0.1) is 0 Å². The third-order valence-corrected chi connectivity index (χ3v) is 3.49. The minimum Gasteiger partial charge on any atom is -0.309 e. The molecule has 3 heteroatoms. The van der Waals surface area contributed by atoms with Gasteiger partial charge < -0.3 is 5.32 Å². The first-order valence-corrected chi connectivity index (χ1v) is 4.94. The fourth-order valence-electron chi connectivity index (χ4n) is 2.06. The minimum absolute atomic E-state index is 0.821. The molecule has 0 aromatic rings. The molecule has 2 aliphatic heterocycles. The predicted molar refractivity (Wildman–Crippen MR) is 50.1 cm³/mol. The Hall–Kier alpha value is 0.650. The normalized spacial score (nSPS) is 46.8. The van der Waals surface area contributed by atoms with Gasteiger partial charge in [0.15, 0.2) is 0 Å². The van der Waals surface area contributed by atoms with Crippen molar-refractivity contribution in [3.05, 3.63) is 0 Å². The topological polar surface area (TPSA) is 15.3 Å². The molecule has 3 unspecified atom stereocenters. The van der Waals surface area contributed by atoms with Gasteiger partial charge in [-0.3, -0.25) is 0 Å². The van der Waals surface area contributed by atoms with Crippen LogP contribution in [0.1, 0.15) is 13.3 Å². The van der Waals surface area contributed by atoms with Crippen molar-refractivity contribution in [3.8, 4) is 0 Å². The first-order valence-electron chi connectivity index (χ1n) is 3.98. The number of nitrogens with zero attached hydrogens (tertiary/aromatic N) is 1. The lowest BCUT2D eigenvalue weighted by molar-refractivity contribution is 0.187. The molecular formula is C7H13IN2. The summed E-state index contributed by atoms with van der Waals surface area (Å²) in [5.41, 5.74) is 0. The summed E-state index contributed by atoms with van der Waals surface area (Å²) in [5, 5.41) is 3.58. The highest BCUT2D eigenvalue weighted by molar-refractivity contribution is 14.1. The van der Waals surface area contributed by atoms with Crippen molar-refractivity contribution >= 4 is 22.9 Å². The van der Waals surface area contributed by atoms with Gasteiger partial charge >= 0.3 is 0 Å². The lowest BCUT2D eigenvalue weighted by atomic mass is 9.84. The van der Waals surface area contributed by atoms with Gasteiger partial charge in [0, 0.05) is 54.0 Å². The van der Waals surface area contributed by atoms with Crippen molar-refractivity contribution in [2.24, 2.45) is 5.92 Å². The van der Waals surface area contributed by atoms with E-state index in [1.54, 1.807) is 0 Å². The van der Waals surface area contributed by atoms with Gasteiger partial charge in [-0.2, -0.15) is 0 Å². The molecule has 2 aliphatic rings. The third-order valence-electron chi connectivity index (χ3n) is 2.71. The van der Waals surface area contributed by atoms with Crippen molar-refractivity contribution < 1.29 is 0 Å². The van der Waals surface area contributed by atoms with Crippen molar-refractivity contribution in [3.63, 3.8) is 0 Å². The molecule has 2 fully saturated rings. The summed E-state index contributed by atoms with van der Waals surface area (Å²) < 4.78 is 2.40. The summed E-state index contributed by atoms with van der Waals surface area (Å²) in [4.78, 5) is 0. The zero-order valence-electron chi connectivity index (χ0n) is 6.18. The molecule has 0 bridgehead atoms. The van der Waals surface area contributed by atoms with E-state index in [0.29, 0.717) is 0 Å². The van der Waals surface area contributed by atoms with E-state index in [1.807, 2.05) is 0 Å². The molecule has 0 aromatic heterocycles. The van der Waals surface area contributed by atoms with E-state index in [9.17, 15) is 0 Å². The number of nitrogens with one attached hydrogen (secondary N) is 1. The SMILES string of the molecule is CCC1NC2CN(I)CC12. The van der Waals surface area contributed by atoms with E-state index >= 15 is 0 Å². The average molecular weight is 252 g/mol. The van der Waals surface area contributed by atoms with Gasteiger partial charge in [0.05, 0.1) is 0 Å². The van der Waals surface area contributed by atoms with Crippen LogP contribution in [-0.2, 0) is 0 Å². The van der Waals surface area contributed by atoms with Gasteiger partial charge in [0.2, 0.25) is 0 Å². The van der Waals surface area contributed by atoms with Gasteiger partial charge in [-0.05, 0) is 6.42 Å². The van der Waals surface area contributed by atoms with E-state index in [4.69, 9.17) is 0 Å². The molecule has 0 spiro atoms. The number of fused-ring (bicyclic) bond motifs is 1. The maximum Gasteiger partial charge on any atom is 0.0261 e. The lowest BCUT2D eigenvalue weighted by Crippen LogP contribution is -2.60. The van der Waals surface area contributed by atoms with E-state index < -0.39 is 0 Å². The number of hydrogen-bond donors (Lipinski definition) is 1. The monoisotopic (exact) mass is 252 g/mol. The average Bonchev–Trinajstić information content (AvgIpc) is 2.15. The van der Waals surface area contributed by atoms with Gasteiger partial charge in [0.1, 0.15) is 0 Å². The largest absolute Gasteiger partial charge is 0.309 e. The molecule has 0 radical (unpaired) electrons. The summed E-state index contributed by atoms with van der Waals surface area (Å²) in [6.07, 6.45) is 1.30. The van der Waals surface area contributed by atoms with Crippen molar-refractivity contribution in [1.29, 1.82) is 0 Å². The molecule has 0 aliphatic carbocycles.